The predicted octanol–water partition coefficient (Wildman–Crippen LogP) is 38.1. The second-order valence-corrected chi connectivity index (χ2v) is 38.5. The molecule has 6 nitrogen and oxygen atoms in total. The van der Waals surface area contributed by atoms with Gasteiger partial charge in [-0.25, -0.2) is 0 Å². The van der Waals surface area contributed by atoms with E-state index in [1.54, 1.807) is 0 Å². The van der Waals surface area contributed by atoms with Crippen molar-refractivity contribution in [2.45, 2.75) is 0 Å². The molecule has 9 aromatic heterocycles. The fraction of sp³-hybridized carbons (Fsp3) is 0. The quantitative estimate of drug-likeness (QED) is 0.144. The van der Waals surface area contributed by atoms with Crippen molar-refractivity contribution in [1.82, 2.24) is 4.57 Å². The highest BCUT2D eigenvalue weighted by molar-refractivity contribution is 7.26. The number of nitrogens with zero attached hydrogens (tertiary/aromatic N) is 1. The molecule has 0 atom stereocenters. The molecule has 0 aliphatic carbocycles. The Bertz CT molecular complexity index is 8950. The van der Waals surface area contributed by atoms with E-state index in [1.807, 2.05) is 94.7 Å². The van der Waals surface area contributed by atoms with Crippen LogP contribution in [0.5, 0.6) is 0 Å². The molecule has 0 unspecified atom stereocenters. The maximum absolute atomic E-state index is 6.17. The molecule has 0 amide bonds. The smallest absolute Gasteiger partial charge is 0.135 e. The number of rotatable bonds is 9. The van der Waals surface area contributed by atoms with Gasteiger partial charge >= 0.3 is 0 Å². The lowest BCUT2D eigenvalue weighted by Crippen LogP contribution is -1.96. The van der Waals surface area contributed by atoms with Crippen molar-refractivity contribution in [3.8, 4) is 94.7 Å². The van der Waals surface area contributed by atoms with Gasteiger partial charge in [-0.1, -0.05) is 231 Å². The predicted molar refractivity (Wildman–Crippen MR) is 572 cm³/mol. The van der Waals surface area contributed by atoms with E-state index in [0.717, 1.165) is 149 Å². The molecule has 0 spiro atoms. The zero-order chi connectivity index (χ0) is 88.5. The van der Waals surface area contributed by atoms with Crippen molar-refractivity contribution < 1.29 is 22.1 Å². The van der Waals surface area contributed by atoms with E-state index >= 15 is 0 Å². The van der Waals surface area contributed by atoms with E-state index in [2.05, 4.69) is 387 Å². The Kier molecular flexibility index (Phi) is 17.6. The van der Waals surface area contributed by atoms with E-state index in [0.29, 0.717) is 0 Å². The zero-order valence-corrected chi connectivity index (χ0v) is 74.8. The highest BCUT2D eigenvalue weighted by atomic mass is 32.1. The summed E-state index contributed by atoms with van der Waals surface area (Å²) in [5.41, 5.74) is 31.5. The summed E-state index contributed by atoms with van der Waals surface area (Å²) in [6, 6.07) is 159. The Morgan fingerprint density at radius 2 is 0.311 bits per heavy atom. The molecule has 0 aliphatic rings. The van der Waals surface area contributed by atoms with Crippen LogP contribution in [0.1, 0.15) is 0 Å². The average molecular weight is 1780 g/mol. The van der Waals surface area contributed by atoms with Crippen molar-refractivity contribution in [3.63, 3.8) is 0 Å². The van der Waals surface area contributed by atoms with Gasteiger partial charge in [-0.15, -0.1) is 34.0 Å². The molecule has 30 rings (SSSR count). The fourth-order valence-corrected chi connectivity index (χ4v) is 24.0. The van der Waals surface area contributed by atoms with Crippen LogP contribution >= 0.6 is 34.0 Å². The zero-order valence-electron chi connectivity index (χ0n) is 72.4. The van der Waals surface area contributed by atoms with Crippen molar-refractivity contribution in [2.24, 2.45) is 0 Å². The van der Waals surface area contributed by atoms with Gasteiger partial charge in [0.15, 0.2) is 0 Å². The fourth-order valence-electron chi connectivity index (χ4n) is 20.8. The molecule has 0 saturated carbocycles. The number of aromatic nitrogens is 1. The number of fused-ring (bicyclic) bond motifs is 27. The number of hydrogen-bond donors (Lipinski definition) is 0. The molecular weight excluding hydrogens is 1700 g/mol. The Morgan fingerprint density at radius 1 is 0.126 bits per heavy atom. The lowest BCUT2D eigenvalue weighted by Gasteiger charge is -2.14. The largest absolute Gasteiger partial charge is 0.456 e. The number of benzene rings is 21. The maximum Gasteiger partial charge on any atom is 0.135 e. The highest BCUT2D eigenvalue weighted by Gasteiger charge is 2.22. The van der Waals surface area contributed by atoms with Crippen molar-refractivity contribution in [3.05, 3.63) is 443 Å². The van der Waals surface area contributed by atoms with Crippen LogP contribution in [0.25, 0.3) is 287 Å². The third kappa shape index (κ3) is 13.0. The van der Waals surface area contributed by atoms with Crippen molar-refractivity contribution in [1.29, 1.82) is 0 Å². The first-order valence-electron chi connectivity index (χ1n) is 45.6. The van der Waals surface area contributed by atoms with Gasteiger partial charge in [-0.3, -0.25) is 0 Å². The minimum atomic E-state index is 0.899. The van der Waals surface area contributed by atoms with E-state index in [1.165, 1.54) is 138 Å². The summed E-state index contributed by atoms with van der Waals surface area (Å²) >= 11 is 5.58. The third-order valence-electron chi connectivity index (χ3n) is 27.3. The Balaban J connectivity index is 0.000000101. The second-order valence-electron chi connectivity index (χ2n) is 35.2. The van der Waals surface area contributed by atoms with Gasteiger partial charge in [-0.05, 0) is 301 Å². The van der Waals surface area contributed by atoms with Crippen LogP contribution in [-0.4, -0.2) is 4.57 Å². The first-order valence-corrected chi connectivity index (χ1v) is 48.0. The monoisotopic (exact) mass is 1780 g/mol. The van der Waals surface area contributed by atoms with Gasteiger partial charge in [0.25, 0.3) is 0 Å². The Labute approximate surface area is 784 Å². The van der Waals surface area contributed by atoms with Gasteiger partial charge in [0.05, 0.1) is 11.0 Å². The van der Waals surface area contributed by atoms with Gasteiger partial charge < -0.3 is 26.7 Å². The second kappa shape index (κ2) is 30.9. The number of thiophene rings is 3. The summed E-state index contributed by atoms with van der Waals surface area (Å²) < 4.78 is 41.2. The summed E-state index contributed by atoms with van der Waals surface area (Å²) in [5.74, 6) is 0. The molecule has 0 N–H and O–H groups in total. The summed E-state index contributed by atoms with van der Waals surface area (Å²) in [7, 11) is 0. The van der Waals surface area contributed by atoms with Gasteiger partial charge in [0, 0.05) is 131 Å². The van der Waals surface area contributed by atoms with E-state index < -0.39 is 0 Å². The maximum atomic E-state index is 6.17. The highest BCUT2D eigenvalue weighted by Crippen LogP contribution is 2.48. The molecular formula is C126H73NO5S3. The molecule has 630 valence electrons. The number of para-hydroxylation sites is 7. The third-order valence-corrected chi connectivity index (χ3v) is 30.8. The molecule has 0 radical (unpaired) electrons. The molecule has 30 aromatic rings. The Morgan fingerprint density at radius 3 is 0.570 bits per heavy atom. The van der Waals surface area contributed by atoms with Crippen LogP contribution in [0.3, 0.4) is 0 Å². The first-order chi connectivity index (χ1) is 66.8. The van der Waals surface area contributed by atoms with Crippen LogP contribution in [0, 0.1) is 0 Å². The number of hydrogen-bond acceptors (Lipinski definition) is 8. The molecule has 9 heterocycles. The molecule has 135 heavy (non-hydrogen) atoms. The van der Waals surface area contributed by atoms with Crippen LogP contribution < -0.4 is 0 Å². The average Bonchev–Trinajstić information content (AvgIpc) is 1.58. The minimum absolute atomic E-state index is 0.899. The van der Waals surface area contributed by atoms with Crippen LogP contribution in [-0.2, 0) is 0 Å². The summed E-state index contributed by atoms with van der Waals surface area (Å²) in [5, 5.41) is 21.7. The molecule has 0 bridgehead atoms. The van der Waals surface area contributed by atoms with Crippen LogP contribution in [0.4, 0.5) is 0 Å². The molecule has 0 saturated heterocycles. The van der Waals surface area contributed by atoms with E-state index in [-0.39, 0.29) is 0 Å². The summed E-state index contributed by atoms with van der Waals surface area (Å²) in [6.45, 7) is 0. The molecule has 9 heteroatoms. The molecule has 21 aromatic carbocycles. The molecule has 0 aliphatic heterocycles. The lowest BCUT2D eigenvalue weighted by molar-refractivity contribution is 0.668. The van der Waals surface area contributed by atoms with Crippen molar-refractivity contribution >= 4 is 226 Å². The minimum Gasteiger partial charge on any atom is -0.456 e. The van der Waals surface area contributed by atoms with Gasteiger partial charge in [0.2, 0.25) is 0 Å². The Hall–Kier alpha value is -16.9. The topological polar surface area (TPSA) is 70.6 Å². The first kappa shape index (κ1) is 76.9. The summed E-state index contributed by atoms with van der Waals surface area (Å²) in [4.78, 5) is 0. The number of furan rings is 5. The SMILES string of the molecule is c1ccc2c(c1)oc1ccc(-c3cc(-c4ccc5oc6ccccc6c5c4)cc(-c4ccc5sc6ccccc6c5c4)c3)cc12.c1ccc2c(c1)oc1ccc(-c3cc(-c4ccc5oc6ccccc6c5c4)cc(-n4c5ccccc5c5ccccc54)c3)cc12.c1ccc2c(c1)oc1ccc(-c3cc(-c4ccc5sc6ccccc6c5c4)cc(-c4ccc5sc6ccccc6c5c4)c3)cc12. The van der Waals surface area contributed by atoms with Gasteiger partial charge in [0.1, 0.15) is 55.8 Å². The van der Waals surface area contributed by atoms with Crippen molar-refractivity contribution in [2.75, 3.05) is 0 Å². The van der Waals surface area contributed by atoms with Crippen LogP contribution in [0.15, 0.2) is 465 Å². The van der Waals surface area contributed by atoms with E-state index in [4.69, 9.17) is 22.1 Å². The standard InChI is InChI=1S/C42H25NO2.C42H24O2S.C42H24OS2/c1-5-13-37-31(9-1)32-10-2-6-14-38(32)43(37)30-22-28(26-17-19-41-35(24-26)33-11-3-7-15-39(33)44-41)21-29(23-30)27-18-20-42-36(25-27)34-12-4-8-16-40(34)45-42;1-4-10-37-31(7-1)34-22-25(13-16-39(34)43-37)28-19-29(26-14-17-40-35(23-26)32-8-2-5-11-38(32)44-40)21-30(20-28)27-15-18-42-36(24-27)33-9-3-6-12-41(33)45-42;1-4-10-37-31(7-1)34-22-25(13-16-38(34)43-37)28-19-29(26-14-17-41-35(23-26)32-8-2-5-11-39(32)44-41)21-30(20-28)27-15-18-42-36(24-27)33-9-3-6-12-40(33)45-42/h1-25H;2*1-24H. The summed E-state index contributed by atoms with van der Waals surface area (Å²) in [6.07, 6.45) is 0. The molecule has 0 fully saturated rings. The van der Waals surface area contributed by atoms with Crippen LogP contribution in [0.2, 0.25) is 0 Å². The van der Waals surface area contributed by atoms with Gasteiger partial charge in [-0.2, -0.15) is 0 Å². The lowest BCUT2D eigenvalue weighted by atomic mass is 9.92. The van der Waals surface area contributed by atoms with E-state index in [9.17, 15) is 0 Å². The normalized spacial score (nSPS) is 12.0.